The van der Waals surface area contributed by atoms with E-state index in [0.29, 0.717) is 29.2 Å². The van der Waals surface area contributed by atoms with Crippen molar-refractivity contribution in [1.29, 1.82) is 0 Å². The summed E-state index contributed by atoms with van der Waals surface area (Å²) < 4.78 is 16.1. The van der Waals surface area contributed by atoms with E-state index in [1.807, 2.05) is 18.2 Å². The molecule has 1 saturated carbocycles. The van der Waals surface area contributed by atoms with Gasteiger partial charge in [0.25, 0.3) is 0 Å². The molecule has 1 aromatic heterocycles. The van der Waals surface area contributed by atoms with Gasteiger partial charge in [0, 0.05) is 30.1 Å². The number of hydrogen-bond acceptors (Lipinski definition) is 7. The van der Waals surface area contributed by atoms with E-state index in [4.69, 9.17) is 14.2 Å². The Balaban J connectivity index is 1.77. The number of benzene rings is 1. The van der Waals surface area contributed by atoms with Crippen molar-refractivity contribution in [2.24, 2.45) is 0 Å². The van der Waals surface area contributed by atoms with Gasteiger partial charge >= 0.3 is 0 Å². The molecule has 0 unspecified atom stereocenters. The van der Waals surface area contributed by atoms with Gasteiger partial charge in [-0.15, -0.1) is 0 Å². The molecule has 7 heteroatoms. The Kier molecular flexibility index (Phi) is 5.99. The van der Waals surface area contributed by atoms with Crippen LogP contribution >= 0.6 is 0 Å². The van der Waals surface area contributed by atoms with Crippen LogP contribution in [0.4, 0.5) is 17.5 Å². The van der Waals surface area contributed by atoms with E-state index in [1.165, 1.54) is 32.1 Å². The molecule has 0 amide bonds. The molecule has 26 heavy (non-hydrogen) atoms. The van der Waals surface area contributed by atoms with Gasteiger partial charge in [0.2, 0.25) is 11.7 Å². The lowest BCUT2D eigenvalue weighted by Gasteiger charge is -2.23. The van der Waals surface area contributed by atoms with Crippen molar-refractivity contribution in [3.05, 3.63) is 24.4 Å². The lowest BCUT2D eigenvalue weighted by atomic mass is 9.95. The average molecular weight is 358 g/mol. The van der Waals surface area contributed by atoms with Gasteiger partial charge in [0.05, 0.1) is 21.3 Å². The highest BCUT2D eigenvalue weighted by Crippen LogP contribution is 2.40. The Hall–Kier alpha value is -2.70. The fourth-order valence-electron chi connectivity index (χ4n) is 3.24. The summed E-state index contributed by atoms with van der Waals surface area (Å²) in [5.74, 6) is 3.05. The molecule has 1 aromatic carbocycles. The van der Waals surface area contributed by atoms with Crippen molar-refractivity contribution in [3.63, 3.8) is 0 Å². The van der Waals surface area contributed by atoms with Gasteiger partial charge in [-0.05, 0) is 18.9 Å². The monoisotopic (exact) mass is 358 g/mol. The van der Waals surface area contributed by atoms with Crippen molar-refractivity contribution in [2.75, 3.05) is 32.0 Å². The van der Waals surface area contributed by atoms with Gasteiger partial charge in [-0.25, -0.2) is 4.98 Å². The fraction of sp³-hybridized carbons (Fsp3) is 0.474. The van der Waals surface area contributed by atoms with Crippen LogP contribution in [-0.4, -0.2) is 37.3 Å². The lowest BCUT2D eigenvalue weighted by molar-refractivity contribution is 0.324. The van der Waals surface area contributed by atoms with Crippen LogP contribution in [0.15, 0.2) is 24.4 Å². The van der Waals surface area contributed by atoms with Gasteiger partial charge < -0.3 is 24.8 Å². The normalized spacial score (nSPS) is 14.6. The Morgan fingerprint density at radius 1 is 0.962 bits per heavy atom. The SMILES string of the molecule is COc1cc(Nc2nccc(NC3CCCCC3)n2)cc(OC)c1OC. The molecule has 0 atom stereocenters. The molecule has 0 bridgehead atoms. The quantitative estimate of drug-likeness (QED) is 0.775. The number of nitrogens with one attached hydrogen (secondary N) is 2. The molecule has 1 heterocycles. The van der Waals surface area contributed by atoms with Gasteiger partial charge in [-0.3, -0.25) is 0 Å². The van der Waals surface area contributed by atoms with Gasteiger partial charge in [0.15, 0.2) is 11.5 Å². The molecule has 2 N–H and O–H groups in total. The predicted octanol–water partition coefficient (Wildman–Crippen LogP) is 3.99. The van der Waals surface area contributed by atoms with Crippen molar-refractivity contribution >= 4 is 17.5 Å². The van der Waals surface area contributed by atoms with Crippen LogP contribution in [0.3, 0.4) is 0 Å². The van der Waals surface area contributed by atoms with Gasteiger partial charge in [0.1, 0.15) is 5.82 Å². The maximum atomic E-state index is 5.38. The van der Waals surface area contributed by atoms with E-state index < -0.39 is 0 Å². The highest BCUT2D eigenvalue weighted by atomic mass is 16.5. The Morgan fingerprint density at radius 2 is 1.65 bits per heavy atom. The molecule has 0 aliphatic heterocycles. The molecule has 1 aliphatic rings. The first-order valence-corrected chi connectivity index (χ1v) is 8.90. The minimum absolute atomic E-state index is 0.493. The summed E-state index contributed by atoms with van der Waals surface area (Å²) in [6, 6.07) is 6.04. The van der Waals surface area contributed by atoms with E-state index in [-0.39, 0.29) is 0 Å². The lowest BCUT2D eigenvalue weighted by Crippen LogP contribution is -2.22. The first-order chi connectivity index (χ1) is 12.7. The maximum absolute atomic E-state index is 5.38. The van der Waals surface area contributed by atoms with E-state index in [1.54, 1.807) is 27.5 Å². The molecule has 3 rings (SSSR count). The average Bonchev–Trinajstić information content (AvgIpc) is 2.68. The molecule has 7 nitrogen and oxygen atoms in total. The molecule has 0 saturated heterocycles. The molecule has 1 fully saturated rings. The summed E-state index contributed by atoms with van der Waals surface area (Å²) in [4.78, 5) is 8.88. The Labute approximate surface area is 154 Å². The second kappa shape index (κ2) is 8.60. The smallest absolute Gasteiger partial charge is 0.229 e. The van der Waals surface area contributed by atoms with Crippen LogP contribution in [0.25, 0.3) is 0 Å². The topological polar surface area (TPSA) is 77.5 Å². The van der Waals surface area contributed by atoms with E-state index in [2.05, 4.69) is 20.6 Å². The van der Waals surface area contributed by atoms with Crippen molar-refractivity contribution in [1.82, 2.24) is 9.97 Å². The number of anilines is 3. The zero-order chi connectivity index (χ0) is 18.4. The third-order valence-corrected chi connectivity index (χ3v) is 4.53. The fourth-order valence-corrected chi connectivity index (χ4v) is 3.24. The number of nitrogens with zero attached hydrogens (tertiary/aromatic N) is 2. The van der Waals surface area contributed by atoms with Crippen LogP contribution in [0, 0.1) is 0 Å². The summed E-state index contributed by atoms with van der Waals surface area (Å²) in [5.41, 5.74) is 0.759. The molecular formula is C19H26N4O3. The second-order valence-electron chi connectivity index (χ2n) is 6.28. The second-order valence-corrected chi connectivity index (χ2v) is 6.28. The van der Waals surface area contributed by atoms with E-state index >= 15 is 0 Å². The molecule has 140 valence electrons. The zero-order valence-electron chi connectivity index (χ0n) is 15.5. The summed E-state index contributed by atoms with van der Waals surface area (Å²) in [5, 5.41) is 6.71. The summed E-state index contributed by atoms with van der Waals surface area (Å²) in [7, 11) is 4.76. The number of hydrogen-bond donors (Lipinski definition) is 2. The van der Waals surface area contributed by atoms with Crippen LogP contribution in [0.2, 0.25) is 0 Å². The van der Waals surface area contributed by atoms with E-state index in [9.17, 15) is 0 Å². The number of rotatable bonds is 7. The number of ether oxygens (including phenoxy) is 3. The third-order valence-electron chi connectivity index (χ3n) is 4.53. The standard InChI is InChI=1S/C19H26N4O3/c1-24-15-11-14(12-16(25-2)18(15)26-3)22-19-20-10-9-17(23-19)21-13-7-5-4-6-8-13/h9-13H,4-8H2,1-3H3,(H2,20,21,22,23). The highest BCUT2D eigenvalue weighted by Gasteiger charge is 2.15. The van der Waals surface area contributed by atoms with Crippen LogP contribution in [0.5, 0.6) is 17.2 Å². The first-order valence-electron chi connectivity index (χ1n) is 8.90. The van der Waals surface area contributed by atoms with Gasteiger partial charge in [-0.1, -0.05) is 19.3 Å². The summed E-state index contributed by atoms with van der Waals surface area (Å²) in [6.45, 7) is 0. The minimum Gasteiger partial charge on any atom is -0.493 e. The van der Waals surface area contributed by atoms with Crippen LogP contribution < -0.4 is 24.8 Å². The van der Waals surface area contributed by atoms with Gasteiger partial charge in [-0.2, -0.15) is 4.98 Å². The summed E-state index contributed by atoms with van der Waals surface area (Å²) >= 11 is 0. The predicted molar refractivity (Wildman–Crippen MR) is 102 cm³/mol. The van der Waals surface area contributed by atoms with Crippen molar-refractivity contribution < 1.29 is 14.2 Å². The molecule has 0 radical (unpaired) electrons. The van der Waals surface area contributed by atoms with E-state index in [0.717, 1.165) is 11.5 Å². The number of methoxy groups -OCH3 is 3. The molecule has 1 aliphatic carbocycles. The Morgan fingerprint density at radius 3 is 2.27 bits per heavy atom. The molecular weight excluding hydrogens is 332 g/mol. The minimum atomic E-state index is 0.493. The summed E-state index contributed by atoms with van der Waals surface area (Å²) in [6.07, 6.45) is 8.02. The first kappa shape index (κ1) is 18.1. The third kappa shape index (κ3) is 4.28. The Bertz CT molecular complexity index is 707. The number of aromatic nitrogens is 2. The zero-order valence-corrected chi connectivity index (χ0v) is 15.5. The highest BCUT2D eigenvalue weighted by molar-refractivity contribution is 5.66. The largest absolute Gasteiger partial charge is 0.493 e. The molecule has 0 spiro atoms. The van der Waals surface area contributed by atoms with Crippen molar-refractivity contribution in [2.45, 2.75) is 38.1 Å². The van der Waals surface area contributed by atoms with Crippen molar-refractivity contribution in [3.8, 4) is 17.2 Å². The maximum Gasteiger partial charge on any atom is 0.229 e. The van der Waals surface area contributed by atoms with Crippen LogP contribution in [-0.2, 0) is 0 Å². The molecule has 2 aromatic rings. The van der Waals surface area contributed by atoms with Crippen LogP contribution in [0.1, 0.15) is 32.1 Å².